The lowest BCUT2D eigenvalue weighted by molar-refractivity contribution is 0.399. The lowest BCUT2D eigenvalue weighted by atomic mass is 10.2. The molecule has 2 N–H and O–H groups in total. The van der Waals surface area contributed by atoms with Crippen molar-refractivity contribution >= 4 is 11.2 Å². The Morgan fingerprint density at radius 3 is 2.89 bits per heavy atom. The third-order valence-corrected chi connectivity index (χ3v) is 2.61. The van der Waals surface area contributed by atoms with Crippen LogP contribution in [0.4, 0.5) is 0 Å². The number of H-pyrrole nitrogens is 2. The molecule has 3 aromatic heterocycles. The van der Waals surface area contributed by atoms with Crippen molar-refractivity contribution in [2.45, 2.75) is 0 Å². The van der Waals surface area contributed by atoms with Crippen LogP contribution in [0.1, 0.15) is 0 Å². The lowest BCUT2D eigenvalue weighted by Gasteiger charge is -1.95. The van der Waals surface area contributed by atoms with Gasteiger partial charge in [0.05, 0.1) is 18.2 Å². The normalized spacial score (nSPS) is 10.7. The SMILES string of the molecule is COc1ccc2[nH]c(-c3c[nH]ccc3=O)nc2n1. The summed E-state index contributed by atoms with van der Waals surface area (Å²) in [6.45, 7) is 0. The molecule has 0 amide bonds. The van der Waals surface area contributed by atoms with E-state index in [0.717, 1.165) is 5.52 Å². The van der Waals surface area contributed by atoms with Crippen molar-refractivity contribution in [2.75, 3.05) is 7.11 Å². The van der Waals surface area contributed by atoms with Crippen LogP contribution in [-0.4, -0.2) is 27.0 Å². The summed E-state index contributed by atoms with van der Waals surface area (Å²) in [7, 11) is 1.55. The fraction of sp³-hybridized carbons (Fsp3) is 0.0833. The zero-order chi connectivity index (χ0) is 12.5. The smallest absolute Gasteiger partial charge is 0.215 e. The third-order valence-electron chi connectivity index (χ3n) is 2.61. The predicted molar refractivity (Wildman–Crippen MR) is 66.5 cm³/mol. The topological polar surface area (TPSA) is 83.7 Å². The molecule has 18 heavy (non-hydrogen) atoms. The van der Waals surface area contributed by atoms with Gasteiger partial charge in [0, 0.05) is 24.5 Å². The average molecular weight is 242 g/mol. The maximum Gasteiger partial charge on any atom is 0.215 e. The van der Waals surface area contributed by atoms with Gasteiger partial charge >= 0.3 is 0 Å². The number of nitrogens with zero attached hydrogens (tertiary/aromatic N) is 2. The highest BCUT2D eigenvalue weighted by molar-refractivity contribution is 5.76. The number of methoxy groups -OCH3 is 1. The van der Waals surface area contributed by atoms with Crippen LogP contribution in [0.3, 0.4) is 0 Å². The van der Waals surface area contributed by atoms with Gasteiger partial charge in [0.2, 0.25) is 5.88 Å². The number of ether oxygens (including phenoxy) is 1. The Hall–Kier alpha value is -2.63. The Kier molecular flexibility index (Phi) is 2.33. The van der Waals surface area contributed by atoms with E-state index in [2.05, 4.69) is 19.9 Å². The second-order valence-electron chi connectivity index (χ2n) is 3.73. The fourth-order valence-corrected chi connectivity index (χ4v) is 1.72. The molecule has 3 rings (SSSR count). The van der Waals surface area contributed by atoms with Crippen molar-refractivity contribution < 1.29 is 4.74 Å². The van der Waals surface area contributed by atoms with Crippen LogP contribution in [0.5, 0.6) is 5.88 Å². The molecule has 3 aromatic rings. The monoisotopic (exact) mass is 242 g/mol. The molecule has 0 saturated carbocycles. The van der Waals surface area contributed by atoms with Crippen molar-refractivity contribution in [1.82, 2.24) is 19.9 Å². The molecule has 0 aliphatic heterocycles. The van der Waals surface area contributed by atoms with Gasteiger partial charge in [-0.2, -0.15) is 4.98 Å². The first-order valence-corrected chi connectivity index (χ1v) is 5.36. The summed E-state index contributed by atoms with van der Waals surface area (Å²) in [4.78, 5) is 26.1. The zero-order valence-corrected chi connectivity index (χ0v) is 9.60. The maximum atomic E-state index is 11.7. The van der Waals surface area contributed by atoms with E-state index >= 15 is 0 Å². The number of hydrogen-bond acceptors (Lipinski definition) is 4. The molecule has 0 saturated heterocycles. The van der Waals surface area contributed by atoms with Crippen molar-refractivity contribution in [3.05, 3.63) is 40.8 Å². The van der Waals surface area contributed by atoms with E-state index in [4.69, 9.17) is 4.74 Å². The van der Waals surface area contributed by atoms with Gasteiger partial charge in [-0.1, -0.05) is 0 Å². The number of nitrogens with one attached hydrogen (secondary N) is 2. The number of hydrogen-bond donors (Lipinski definition) is 2. The first-order valence-electron chi connectivity index (χ1n) is 5.36. The minimum atomic E-state index is -0.0974. The Morgan fingerprint density at radius 2 is 2.11 bits per heavy atom. The molecular formula is C12H10N4O2. The molecule has 0 unspecified atom stereocenters. The quantitative estimate of drug-likeness (QED) is 0.709. The predicted octanol–water partition coefficient (Wildman–Crippen LogP) is 1.32. The summed E-state index contributed by atoms with van der Waals surface area (Å²) in [5.41, 5.74) is 1.66. The summed E-state index contributed by atoms with van der Waals surface area (Å²) < 4.78 is 5.03. The van der Waals surface area contributed by atoms with Gasteiger partial charge in [0.1, 0.15) is 5.82 Å². The maximum absolute atomic E-state index is 11.7. The molecule has 6 nitrogen and oxygen atoms in total. The standard InChI is InChI=1S/C12H10N4O2/c1-18-10-3-2-8-12(15-10)16-11(14-8)7-6-13-5-4-9(7)17/h2-6H,1H3,(H,13,17)(H,14,15,16). The van der Waals surface area contributed by atoms with E-state index in [1.165, 1.54) is 6.07 Å². The van der Waals surface area contributed by atoms with Crippen molar-refractivity contribution in [2.24, 2.45) is 0 Å². The van der Waals surface area contributed by atoms with Crippen LogP contribution >= 0.6 is 0 Å². The summed E-state index contributed by atoms with van der Waals surface area (Å²) in [5, 5.41) is 0. The zero-order valence-electron chi connectivity index (χ0n) is 9.60. The van der Waals surface area contributed by atoms with E-state index in [0.29, 0.717) is 22.9 Å². The molecule has 0 fully saturated rings. The summed E-state index contributed by atoms with van der Waals surface area (Å²) in [5.74, 6) is 0.982. The molecule has 0 spiro atoms. The number of aromatic nitrogens is 4. The van der Waals surface area contributed by atoms with E-state index in [1.54, 1.807) is 25.6 Å². The summed E-state index contributed by atoms with van der Waals surface area (Å²) in [6, 6.07) is 5.00. The Morgan fingerprint density at radius 1 is 1.22 bits per heavy atom. The highest BCUT2D eigenvalue weighted by Gasteiger charge is 2.09. The van der Waals surface area contributed by atoms with Crippen LogP contribution in [0.25, 0.3) is 22.6 Å². The minimum Gasteiger partial charge on any atom is -0.481 e. The average Bonchev–Trinajstić information content (AvgIpc) is 2.81. The van der Waals surface area contributed by atoms with E-state index < -0.39 is 0 Å². The first-order chi connectivity index (χ1) is 8.78. The number of aromatic amines is 2. The number of pyridine rings is 2. The van der Waals surface area contributed by atoms with Crippen LogP contribution in [0.15, 0.2) is 35.4 Å². The van der Waals surface area contributed by atoms with Crippen molar-refractivity contribution in [1.29, 1.82) is 0 Å². The van der Waals surface area contributed by atoms with Crippen LogP contribution in [0.2, 0.25) is 0 Å². The molecule has 6 heteroatoms. The molecule has 90 valence electrons. The van der Waals surface area contributed by atoms with Crippen LogP contribution in [-0.2, 0) is 0 Å². The van der Waals surface area contributed by atoms with E-state index in [9.17, 15) is 4.79 Å². The van der Waals surface area contributed by atoms with Gasteiger partial charge in [0.15, 0.2) is 11.1 Å². The van der Waals surface area contributed by atoms with Gasteiger partial charge in [0.25, 0.3) is 0 Å². The minimum absolute atomic E-state index is 0.0974. The second-order valence-corrected chi connectivity index (χ2v) is 3.73. The van der Waals surface area contributed by atoms with Gasteiger partial charge in [-0.25, -0.2) is 4.98 Å². The summed E-state index contributed by atoms with van der Waals surface area (Å²) in [6.07, 6.45) is 3.19. The molecule has 0 aromatic carbocycles. The van der Waals surface area contributed by atoms with Gasteiger partial charge < -0.3 is 14.7 Å². The number of fused-ring (bicyclic) bond motifs is 1. The van der Waals surface area contributed by atoms with Crippen molar-refractivity contribution in [3.8, 4) is 17.3 Å². The fourth-order valence-electron chi connectivity index (χ4n) is 1.72. The van der Waals surface area contributed by atoms with Crippen molar-refractivity contribution in [3.63, 3.8) is 0 Å². The molecule has 0 aliphatic rings. The van der Waals surface area contributed by atoms with E-state index in [-0.39, 0.29) is 5.43 Å². The molecular weight excluding hydrogens is 232 g/mol. The summed E-state index contributed by atoms with van der Waals surface area (Å²) >= 11 is 0. The largest absolute Gasteiger partial charge is 0.481 e. The van der Waals surface area contributed by atoms with Crippen LogP contribution < -0.4 is 10.2 Å². The highest BCUT2D eigenvalue weighted by atomic mass is 16.5. The Labute approximate surface area is 102 Å². The lowest BCUT2D eigenvalue weighted by Crippen LogP contribution is -2.03. The number of rotatable bonds is 2. The highest BCUT2D eigenvalue weighted by Crippen LogP contribution is 2.18. The van der Waals surface area contributed by atoms with Crippen LogP contribution in [0, 0.1) is 0 Å². The number of imidazole rings is 1. The molecule has 0 bridgehead atoms. The Balaban J connectivity index is 2.20. The third kappa shape index (κ3) is 1.64. The van der Waals surface area contributed by atoms with Gasteiger partial charge in [-0.15, -0.1) is 0 Å². The second kappa shape index (κ2) is 3.99. The molecule has 0 atom stereocenters. The Bertz CT molecular complexity index is 760. The molecule has 3 heterocycles. The van der Waals surface area contributed by atoms with E-state index in [1.807, 2.05) is 6.07 Å². The first kappa shape index (κ1) is 10.5. The van der Waals surface area contributed by atoms with Gasteiger partial charge in [-0.3, -0.25) is 4.79 Å². The van der Waals surface area contributed by atoms with Gasteiger partial charge in [-0.05, 0) is 6.07 Å². The molecule has 0 aliphatic carbocycles. The molecule has 0 radical (unpaired) electrons.